The van der Waals surface area contributed by atoms with Crippen LogP contribution in [-0.2, 0) is 85.8 Å². The second kappa shape index (κ2) is 37.0. The van der Waals surface area contributed by atoms with Gasteiger partial charge in [-0.2, -0.15) is 0 Å². The molecule has 20 nitrogen and oxygen atoms in total. The molecule has 20 fully saturated rings. The first-order valence-corrected chi connectivity index (χ1v) is 49.1. The number of carbonyl (C=O) groups excluding carboxylic acids is 9. The van der Waals surface area contributed by atoms with Gasteiger partial charge in [0.05, 0.1) is 61.6 Å². The van der Waals surface area contributed by atoms with Gasteiger partial charge < -0.3 is 52.8 Å². The number of aliphatic hydroxyl groups is 2. The molecule has 20 aliphatic rings. The van der Waals surface area contributed by atoms with Crippen molar-refractivity contribution in [3.05, 3.63) is 0 Å². The number of cyclic esters (lactones) is 1. The molecule has 2 aliphatic heterocycles. The first-order valence-electron chi connectivity index (χ1n) is 49.1. The van der Waals surface area contributed by atoms with Crippen LogP contribution in [0.5, 0.6) is 0 Å². The van der Waals surface area contributed by atoms with Crippen molar-refractivity contribution in [2.75, 3.05) is 6.61 Å². The Hall–Kier alpha value is -4.85. The number of rotatable bonds is 22. The minimum Gasteiger partial charge on any atom is -0.463 e. The second-order valence-corrected chi connectivity index (χ2v) is 47.4. The van der Waals surface area contributed by atoms with Gasteiger partial charge >= 0.3 is 53.7 Å². The summed E-state index contributed by atoms with van der Waals surface area (Å²) >= 11 is 0. The standard InChI is InChI=1S/C17H28O2.2C16H26O3.C16H26O2.C14H20O4.C13H24O2.C10H16O4/c1-5-16(2,3)15(18)19-17(4)13-7-11-6-12(9-13)10-14(17)8-11;2*1-4-14(2,3)13(17)19-16-8-11-5-12(9-16)7-15(18,6-11)10-16;1-4-16(2,3)15(17)18-14-9-10-8-13(14)12-7-5-6-11(10)12;1-4-14(2,3)13(16)18-10-7-5-8-9(6-7)12(15)17-11(8)10;1-5-12(3,4)11(14)15-13(6-2)9-7-8-10-13;1-4-10(2,3)9(12)14-7-5-6-13-8(7)11/h11-14H,5-10H2,1-4H3;2*11-12,18H,4-10H2,1-3H3;10-14H,4-9H2,1-3H3;7-11H,4-6H2,1-3H3;5-10H2,1-4H3;7H,4-6H2,1-3H3. The van der Waals surface area contributed by atoms with Gasteiger partial charge in [-0.15, -0.1) is 0 Å². The van der Waals surface area contributed by atoms with Gasteiger partial charge in [-0.05, 0) is 387 Å². The molecule has 0 amide bonds. The summed E-state index contributed by atoms with van der Waals surface area (Å²) in [6.45, 7) is 45.9. The molecule has 2 heterocycles. The average molecular weight is 1710 g/mol. The average Bonchev–Trinajstić information content (AvgIpc) is 1.49. The molecule has 122 heavy (non-hydrogen) atoms. The molecular formula is C102H166O20. The highest BCUT2D eigenvalue weighted by atomic mass is 16.6. The van der Waals surface area contributed by atoms with Gasteiger partial charge in [0.15, 0.2) is 0 Å². The lowest BCUT2D eigenvalue weighted by atomic mass is 9.50. The molecule has 18 saturated carbocycles. The molecule has 16 bridgehead atoms. The first-order chi connectivity index (χ1) is 56.8. The number of hydrogen-bond donors (Lipinski definition) is 2. The maximum absolute atomic E-state index is 12.5. The lowest BCUT2D eigenvalue weighted by Crippen LogP contribution is -2.61. The SMILES string of the molecule is CCC(C)(C)C(=O)OC1(C)C2CC3CC(C2)CC1C3.CCC(C)(C)C(=O)OC12CC3CC(CC(O)(C3)C1)C2.CCC(C)(C)C(=O)OC12CC3CC(CC(O)(C3)C1)C2.CCC(C)(C)C(=O)OC1C2CC3C(=O)OC1C3C2.CCC(C)(C)C(=O)OC1CC2CC1C1CCCC21.CCC(C)(C)C(=O)OC1CCOC1=O.CCC1(OC(=O)C(C)(C)CC)CCCC1. The van der Waals surface area contributed by atoms with Crippen molar-refractivity contribution < 1.29 is 96.0 Å². The van der Waals surface area contributed by atoms with E-state index in [1.807, 2.05) is 118 Å². The first kappa shape index (κ1) is 97.8. The van der Waals surface area contributed by atoms with E-state index in [0.29, 0.717) is 85.6 Å². The molecular weight excluding hydrogens is 1550 g/mol. The number of fused-ring (bicyclic) bond motifs is 6. The lowest BCUT2D eigenvalue weighted by Gasteiger charge is -2.59. The molecule has 20 rings (SSSR count). The molecule has 20 heteroatoms. The Labute approximate surface area is 734 Å². The summed E-state index contributed by atoms with van der Waals surface area (Å²) in [7, 11) is 0. The van der Waals surface area contributed by atoms with Crippen LogP contribution in [-0.4, -0.2) is 129 Å². The van der Waals surface area contributed by atoms with E-state index in [2.05, 4.69) is 27.7 Å². The van der Waals surface area contributed by atoms with Gasteiger partial charge in [0.2, 0.25) is 6.10 Å². The van der Waals surface area contributed by atoms with E-state index >= 15 is 0 Å². The third-order valence-electron chi connectivity index (χ3n) is 35.6. The smallest absolute Gasteiger partial charge is 0.347 e. The van der Waals surface area contributed by atoms with Crippen LogP contribution in [0.3, 0.4) is 0 Å². The zero-order valence-electron chi connectivity index (χ0n) is 80.1. The van der Waals surface area contributed by atoms with Gasteiger partial charge in [0.1, 0.15) is 40.7 Å². The van der Waals surface area contributed by atoms with Crippen molar-refractivity contribution in [2.24, 2.45) is 127 Å². The molecule has 15 atom stereocenters. The Balaban J connectivity index is 0.000000139. The molecule has 0 aromatic carbocycles. The number of carbonyl (C=O) groups is 9. The fraction of sp³-hybridized carbons (Fsp3) is 0.912. The zero-order chi connectivity index (χ0) is 89.9. The van der Waals surface area contributed by atoms with Crippen molar-refractivity contribution in [3.63, 3.8) is 0 Å². The van der Waals surface area contributed by atoms with Crippen LogP contribution in [0.2, 0.25) is 0 Å². The van der Waals surface area contributed by atoms with E-state index in [-0.39, 0.29) is 111 Å². The summed E-state index contributed by atoms with van der Waals surface area (Å²) in [5.41, 5.74) is -4.91. The molecule has 0 radical (unpaired) electrons. The summed E-state index contributed by atoms with van der Waals surface area (Å²) < 4.78 is 50.5. The predicted octanol–water partition coefficient (Wildman–Crippen LogP) is 21.0. The monoisotopic (exact) mass is 1710 g/mol. The van der Waals surface area contributed by atoms with E-state index in [1.54, 1.807) is 13.8 Å². The van der Waals surface area contributed by atoms with Crippen LogP contribution < -0.4 is 0 Å². The summed E-state index contributed by atoms with van der Waals surface area (Å²) in [6, 6.07) is 0. The van der Waals surface area contributed by atoms with Crippen LogP contribution in [0, 0.1) is 127 Å². The van der Waals surface area contributed by atoms with Gasteiger partial charge in [-0.25, -0.2) is 4.79 Å². The Morgan fingerprint density at radius 1 is 0.385 bits per heavy atom. The van der Waals surface area contributed by atoms with Gasteiger partial charge in [0.25, 0.3) is 0 Å². The van der Waals surface area contributed by atoms with Crippen LogP contribution >= 0.6 is 0 Å². The molecule has 2 saturated heterocycles. The Bertz CT molecular complexity index is 3580. The third-order valence-corrected chi connectivity index (χ3v) is 35.6. The minimum atomic E-state index is -0.687. The third kappa shape index (κ3) is 21.2. The van der Waals surface area contributed by atoms with Crippen molar-refractivity contribution in [2.45, 2.75) is 455 Å². The number of hydrogen-bond acceptors (Lipinski definition) is 20. The van der Waals surface area contributed by atoms with Crippen molar-refractivity contribution >= 4 is 53.7 Å². The molecule has 0 spiro atoms. The minimum absolute atomic E-state index is 0.0185. The molecule has 15 unspecified atom stereocenters. The van der Waals surface area contributed by atoms with Gasteiger partial charge in [0, 0.05) is 31.1 Å². The second-order valence-electron chi connectivity index (χ2n) is 47.4. The Kier molecular flexibility index (Phi) is 29.6. The van der Waals surface area contributed by atoms with E-state index in [4.69, 9.17) is 42.6 Å². The zero-order valence-corrected chi connectivity index (χ0v) is 80.1. The van der Waals surface area contributed by atoms with E-state index in [9.17, 15) is 53.4 Å². The topological polar surface area (TPSA) is 277 Å². The van der Waals surface area contributed by atoms with E-state index in [0.717, 1.165) is 158 Å². The molecule has 694 valence electrons. The highest BCUT2D eigenvalue weighted by Crippen LogP contribution is 2.64. The Morgan fingerprint density at radius 2 is 0.770 bits per heavy atom. The summed E-state index contributed by atoms with van der Waals surface area (Å²) in [6.07, 6.45) is 37.2. The van der Waals surface area contributed by atoms with Crippen LogP contribution in [0.4, 0.5) is 0 Å². The summed E-state index contributed by atoms with van der Waals surface area (Å²) in [5, 5.41) is 21.3. The van der Waals surface area contributed by atoms with Crippen LogP contribution in [0.1, 0.15) is 397 Å². The van der Waals surface area contributed by atoms with E-state index in [1.165, 1.54) is 83.5 Å². The van der Waals surface area contributed by atoms with Crippen LogP contribution in [0.15, 0.2) is 0 Å². The van der Waals surface area contributed by atoms with Crippen molar-refractivity contribution in [1.29, 1.82) is 0 Å². The largest absolute Gasteiger partial charge is 0.463 e. The quantitative estimate of drug-likeness (QED) is 0.0752. The molecule has 0 aromatic rings. The van der Waals surface area contributed by atoms with Crippen molar-refractivity contribution in [3.8, 4) is 0 Å². The fourth-order valence-electron chi connectivity index (χ4n) is 25.3. The lowest BCUT2D eigenvalue weighted by molar-refractivity contribution is -0.226. The molecule has 18 aliphatic carbocycles. The fourth-order valence-corrected chi connectivity index (χ4v) is 25.3. The number of ether oxygens (including phenoxy) is 9. The normalized spacial score (nSPS) is 38.0. The van der Waals surface area contributed by atoms with Crippen LogP contribution in [0.25, 0.3) is 0 Å². The number of esters is 9. The summed E-state index contributed by atoms with van der Waals surface area (Å²) in [4.78, 5) is 108. The predicted molar refractivity (Wildman–Crippen MR) is 466 cm³/mol. The van der Waals surface area contributed by atoms with Gasteiger partial charge in [-0.1, -0.05) is 61.8 Å². The maximum Gasteiger partial charge on any atom is 0.347 e. The van der Waals surface area contributed by atoms with E-state index < -0.39 is 44.9 Å². The summed E-state index contributed by atoms with van der Waals surface area (Å²) in [5.74, 6) is 8.31. The molecule has 2 N–H and O–H groups in total. The highest BCUT2D eigenvalue weighted by molar-refractivity contribution is 5.83. The maximum atomic E-state index is 12.5. The Morgan fingerprint density at radius 3 is 1.18 bits per heavy atom. The van der Waals surface area contributed by atoms with Crippen molar-refractivity contribution in [1.82, 2.24) is 0 Å². The van der Waals surface area contributed by atoms with Gasteiger partial charge in [-0.3, -0.25) is 38.4 Å². The molecule has 0 aromatic heterocycles. The highest BCUT2D eigenvalue weighted by Gasteiger charge is 2.66.